The molecule has 1 aromatic heterocycles. The summed E-state index contributed by atoms with van der Waals surface area (Å²) < 4.78 is 6.32. The van der Waals surface area contributed by atoms with Gasteiger partial charge in [0.15, 0.2) is 0 Å². The highest BCUT2D eigenvalue weighted by Gasteiger charge is 2.19. The van der Waals surface area contributed by atoms with Gasteiger partial charge in [-0.1, -0.05) is 15.9 Å². The van der Waals surface area contributed by atoms with E-state index < -0.39 is 0 Å². The fourth-order valence-electron chi connectivity index (χ4n) is 2.50. The molecule has 0 bridgehead atoms. The molecule has 1 saturated heterocycles. The normalized spacial score (nSPS) is 14.6. The number of nitrogens with one attached hydrogen (secondary N) is 1. The first-order chi connectivity index (χ1) is 11.1. The van der Waals surface area contributed by atoms with E-state index in [0.29, 0.717) is 31.9 Å². The number of hydrogen-bond acceptors (Lipinski definition) is 4. The summed E-state index contributed by atoms with van der Waals surface area (Å²) in [6.07, 6.45) is 3.33. The number of halogens is 1. The van der Waals surface area contributed by atoms with Crippen LogP contribution in [-0.2, 0) is 4.74 Å². The fourth-order valence-corrected chi connectivity index (χ4v) is 2.97. The van der Waals surface area contributed by atoms with Crippen LogP contribution in [0.3, 0.4) is 0 Å². The highest BCUT2D eigenvalue weighted by atomic mass is 79.9. The van der Waals surface area contributed by atoms with Crippen LogP contribution in [-0.4, -0.2) is 42.1 Å². The van der Waals surface area contributed by atoms with Crippen molar-refractivity contribution in [3.63, 3.8) is 0 Å². The number of ether oxygens (including phenoxy) is 1. The molecular weight excluding hydrogens is 358 g/mol. The number of aryl methyl sites for hydroxylation is 1. The van der Waals surface area contributed by atoms with Crippen LogP contribution < -0.4 is 5.32 Å². The van der Waals surface area contributed by atoms with Crippen molar-refractivity contribution in [1.82, 2.24) is 9.88 Å². The van der Waals surface area contributed by atoms with Crippen molar-refractivity contribution in [3.8, 4) is 0 Å². The molecule has 1 N–H and O–H groups in total. The van der Waals surface area contributed by atoms with E-state index in [4.69, 9.17) is 4.74 Å². The number of benzene rings is 1. The van der Waals surface area contributed by atoms with Gasteiger partial charge in [0.05, 0.1) is 30.7 Å². The van der Waals surface area contributed by atoms with Gasteiger partial charge in [-0.15, -0.1) is 0 Å². The van der Waals surface area contributed by atoms with Crippen LogP contribution in [0.4, 0.5) is 11.4 Å². The van der Waals surface area contributed by atoms with Gasteiger partial charge < -0.3 is 15.0 Å². The Bertz CT molecular complexity index is 715. The minimum Gasteiger partial charge on any atom is -0.378 e. The molecule has 6 heteroatoms. The van der Waals surface area contributed by atoms with E-state index in [1.54, 1.807) is 17.3 Å². The Hall–Kier alpha value is -1.92. The van der Waals surface area contributed by atoms with E-state index in [9.17, 15) is 4.79 Å². The molecule has 3 rings (SSSR count). The number of amides is 1. The highest BCUT2D eigenvalue weighted by Crippen LogP contribution is 2.24. The quantitative estimate of drug-likeness (QED) is 0.893. The second-order valence-corrected chi connectivity index (χ2v) is 6.37. The number of pyridine rings is 1. The summed E-state index contributed by atoms with van der Waals surface area (Å²) in [5.74, 6) is -0.00280. The van der Waals surface area contributed by atoms with Gasteiger partial charge in [0, 0.05) is 29.4 Å². The maximum atomic E-state index is 12.5. The van der Waals surface area contributed by atoms with Crippen LogP contribution in [0.25, 0.3) is 0 Å². The molecule has 1 amide bonds. The first kappa shape index (κ1) is 16.0. The Morgan fingerprint density at radius 3 is 2.78 bits per heavy atom. The lowest BCUT2D eigenvalue weighted by Crippen LogP contribution is -2.40. The van der Waals surface area contributed by atoms with Crippen molar-refractivity contribution in [1.29, 1.82) is 0 Å². The number of rotatable bonds is 3. The SMILES string of the molecule is Cc1cc(Br)ccc1Nc1cncc(C(=O)N2CCOCC2)c1. The number of aromatic nitrogens is 1. The standard InChI is InChI=1S/C17H18BrN3O2/c1-12-8-14(18)2-3-16(12)20-15-9-13(10-19-11-15)17(22)21-4-6-23-7-5-21/h2-3,8-11,20H,4-7H2,1H3. The monoisotopic (exact) mass is 375 g/mol. The minimum atomic E-state index is -0.00280. The van der Waals surface area contributed by atoms with Gasteiger partial charge in [-0.2, -0.15) is 0 Å². The fraction of sp³-hybridized carbons (Fsp3) is 0.294. The van der Waals surface area contributed by atoms with E-state index in [-0.39, 0.29) is 5.91 Å². The molecule has 0 spiro atoms. The number of morpholine rings is 1. The van der Waals surface area contributed by atoms with Crippen molar-refractivity contribution in [3.05, 3.63) is 52.3 Å². The third-order valence-electron chi connectivity index (χ3n) is 3.75. The summed E-state index contributed by atoms with van der Waals surface area (Å²) in [5.41, 5.74) is 3.50. The summed E-state index contributed by atoms with van der Waals surface area (Å²) in [6, 6.07) is 7.85. The topological polar surface area (TPSA) is 54.5 Å². The largest absolute Gasteiger partial charge is 0.378 e. The lowest BCUT2D eigenvalue weighted by Gasteiger charge is -2.26. The average molecular weight is 376 g/mol. The Morgan fingerprint density at radius 2 is 2.04 bits per heavy atom. The number of hydrogen-bond donors (Lipinski definition) is 1. The van der Waals surface area contributed by atoms with Crippen molar-refractivity contribution >= 4 is 33.2 Å². The number of carbonyl (C=O) groups is 1. The minimum absolute atomic E-state index is 0.00280. The van der Waals surface area contributed by atoms with E-state index in [2.05, 4.69) is 26.2 Å². The summed E-state index contributed by atoms with van der Waals surface area (Å²) in [5, 5.41) is 3.32. The summed E-state index contributed by atoms with van der Waals surface area (Å²) in [6.45, 7) is 4.47. The molecule has 1 aliphatic rings. The highest BCUT2D eigenvalue weighted by molar-refractivity contribution is 9.10. The molecule has 1 aromatic carbocycles. The summed E-state index contributed by atoms with van der Waals surface area (Å²) >= 11 is 3.46. The first-order valence-corrected chi connectivity index (χ1v) is 8.28. The predicted molar refractivity (Wildman–Crippen MR) is 93.1 cm³/mol. The Labute approximate surface area is 143 Å². The van der Waals surface area contributed by atoms with Crippen molar-refractivity contribution in [2.24, 2.45) is 0 Å². The zero-order valence-corrected chi connectivity index (χ0v) is 14.5. The molecular formula is C17H18BrN3O2. The van der Waals surface area contributed by atoms with Crippen LogP contribution in [0.5, 0.6) is 0 Å². The van der Waals surface area contributed by atoms with Gasteiger partial charge in [0.2, 0.25) is 0 Å². The lowest BCUT2D eigenvalue weighted by molar-refractivity contribution is 0.0302. The average Bonchev–Trinajstić information content (AvgIpc) is 2.58. The lowest BCUT2D eigenvalue weighted by atomic mass is 10.2. The molecule has 23 heavy (non-hydrogen) atoms. The van der Waals surface area contributed by atoms with Gasteiger partial charge in [0.1, 0.15) is 0 Å². The zero-order valence-electron chi connectivity index (χ0n) is 12.9. The van der Waals surface area contributed by atoms with Crippen molar-refractivity contribution < 1.29 is 9.53 Å². The summed E-state index contributed by atoms with van der Waals surface area (Å²) in [7, 11) is 0. The zero-order chi connectivity index (χ0) is 16.2. The van der Waals surface area contributed by atoms with Gasteiger partial charge in [-0.05, 0) is 36.8 Å². The van der Waals surface area contributed by atoms with Crippen LogP contribution in [0.15, 0.2) is 41.1 Å². The molecule has 0 unspecified atom stereocenters. The Morgan fingerprint density at radius 1 is 1.26 bits per heavy atom. The summed E-state index contributed by atoms with van der Waals surface area (Å²) in [4.78, 5) is 18.5. The van der Waals surface area contributed by atoms with Crippen molar-refractivity contribution in [2.75, 3.05) is 31.6 Å². The molecule has 2 heterocycles. The van der Waals surface area contributed by atoms with Crippen molar-refractivity contribution in [2.45, 2.75) is 6.92 Å². The number of carbonyl (C=O) groups excluding carboxylic acids is 1. The first-order valence-electron chi connectivity index (χ1n) is 7.49. The molecule has 1 fully saturated rings. The number of nitrogens with zero attached hydrogens (tertiary/aromatic N) is 2. The molecule has 0 saturated carbocycles. The van der Waals surface area contributed by atoms with E-state index in [0.717, 1.165) is 21.4 Å². The van der Waals surface area contributed by atoms with Gasteiger partial charge >= 0.3 is 0 Å². The maximum absolute atomic E-state index is 12.5. The van der Waals surface area contributed by atoms with Crippen LogP contribution in [0, 0.1) is 6.92 Å². The Balaban J connectivity index is 1.78. The van der Waals surface area contributed by atoms with E-state index in [1.165, 1.54) is 0 Å². The Kier molecular flexibility index (Phi) is 4.93. The van der Waals surface area contributed by atoms with Crippen LogP contribution in [0.1, 0.15) is 15.9 Å². The van der Waals surface area contributed by atoms with E-state index >= 15 is 0 Å². The van der Waals surface area contributed by atoms with Gasteiger partial charge in [-0.3, -0.25) is 9.78 Å². The predicted octanol–water partition coefficient (Wildman–Crippen LogP) is 3.37. The number of anilines is 2. The maximum Gasteiger partial charge on any atom is 0.255 e. The molecule has 2 aromatic rings. The van der Waals surface area contributed by atoms with Gasteiger partial charge in [-0.25, -0.2) is 0 Å². The molecule has 0 radical (unpaired) electrons. The second-order valence-electron chi connectivity index (χ2n) is 5.45. The smallest absolute Gasteiger partial charge is 0.255 e. The van der Waals surface area contributed by atoms with E-state index in [1.807, 2.05) is 31.2 Å². The third-order valence-corrected chi connectivity index (χ3v) is 4.24. The van der Waals surface area contributed by atoms with Gasteiger partial charge in [0.25, 0.3) is 5.91 Å². The molecule has 5 nitrogen and oxygen atoms in total. The molecule has 120 valence electrons. The van der Waals surface area contributed by atoms with Crippen LogP contribution >= 0.6 is 15.9 Å². The molecule has 0 aliphatic carbocycles. The third kappa shape index (κ3) is 3.89. The molecule has 1 aliphatic heterocycles. The molecule has 0 atom stereocenters. The second kappa shape index (κ2) is 7.10. The van der Waals surface area contributed by atoms with Crippen LogP contribution in [0.2, 0.25) is 0 Å².